The second-order valence-corrected chi connectivity index (χ2v) is 22.6. The van der Waals surface area contributed by atoms with Crippen LogP contribution in [0.25, 0.3) is 22.2 Å². The van der Waals surface area contributed by atoms with Crippen molar-refractivity contribution >= 4 is 69.8 Å². The number of nitrogens with one attached hydrogen (secondary N) is 4. The molecule has 2 aromatic carbocycles. The van der Waals surface area contributed by atoms with Gasteiger partial charge in [0.1, 0.15) is 29.6 Å². The number of aromatic nitrogens is 4. The Morgan fingerprint density at radius 2 is 1.27 bits per heavy atom. The number of methoxy groups -OCH3 is 1. The number of benzene rings is 2. The van der Waals surface area contributed by atoms with Crippen LogP contribution in [-0.2, 0) is 95.8 Å². The van der Waals surface area contributed by atoms with Gasteiger partial charge in [-0.15, -0.1) is 16.9 Å². The SMILES string of the molecule is COc1ccc(-c2ccc(CNC(=O)COCCOCCOCCOCCOCCOCCn3cc(COCCOCCOCCOCCNC(=O)CCSC4CC(=O)N(CCCC(=O)NN)C4=O)nn3)o2)c2[nH]cc(C(=O)C(=O)N3CCN(C(=O)c4ccccc4)CC3)c12. The molecule has 0 spiro atoms. The molecule has 7 rings (SSSR count). The van der Waals surface area contributed by atoms with E-state index in [-0.39, 0.29) is 106 Å². The van der Waals surface area contributed by atoms with E-state index < -0.39 is 16.9 Å². The van der Waals surface area contributed by atoms with Crippen LogP contribution in [0.3, 0.4) is 0 Å². The highest BCUT2D eigenvalue weighted by Gasteiger charge is 2.38. The van der Waals surface area contributed by atoms with Crippen LogP contribution in [0.15, 0.2) is 71.4 Å². The van der Waals surface area contributed by atoms with Crippen molar-refractivity contribution in [2.45, 2.75) is 50.6 Å². The van der Waals surface area contributed by atoms with Gasteiger partial charge >= 0.3 is 0 Å². The zero-order valence-corrected chi connectivity index (χ0v) is 54.4. The lowest BCUT2D eigenvalue weighted by atomic mass is 10.0. The molecule has 2 aliphatic heterocycles. The number of H-pyrrole nitrogens is 1. The maximum Gasteiger partial charge on any atom is 0.295 e. The Balaban J connectivity index is 0.590. The van der Waals surface area contributed by atoms with Crippen molar-refractivity contribution in [3.8, 4) is 17.1 Å². The van der Waals surface area contributed by atoms with Crippen LogP contribution in [0.4, 0.5) is 0 Å². The topological polar surface area (TPSA) is 370 Å². The molecule has 31 nitrogen and oxygen atoms in total. The molecule has 1 unspecified atom stereocenters. The van der Waals surface area contributed by atoms with Gasteiger partial charge < -0.3 is 81.9 Å². The van der Waals surface area contributed by atoms with Crippen LogP contribution in [0.2, 0.25) is 0 Å². The average molecular weight is 1350 g/mol. The number of ketones is 1. The van der Waals surface area contributed by atoms with Gasteiger partial charge in [0.2, 0.25) is 29.5 Å². The van der Waals surface area contributed by atoms with E-state index in [9.17, 15) is 38.4 Å². The van der Waals surface area contributed by atoms with Gasteiger partial charge in [-0.1, -0.05) is 23.4 Å². The number of thioether (sulfide) groups is 1. The number of amides is 7. The van der Waals surface area contributed by atoms with Gasteiger partial charge in [-0.2, -0.15) is 0 Å². The van der Waals surface area contributed by atoms with Crippen LogP contribution >= 0.6 is 11.8 Å². The summed E-state index contributed by atoms with van der Waals surface area (Å²) >= 11 is 1.28. The number of carbonyl (C=O) groups is 8. The Hall–Kier alpha value is -7.73. The number of hydrazine groups is 1. The lowest BCUT2D eigenvalue weighted by Crippen LogP contribution is -2.52. The minimum Gasteiger partial charge on any atom is -0.496 e. The van der Waals surface area contributed by atoms with E-state index in [1.165, 1.54) is 34.9 Å². The number of nitrogens with two attached hydrogens (primary N) is 1. The third-order valence-electron chi connectivity index (χ3n) is 14.6. The van der Waals surface area contributed by atoms with E-state index in [0.717, 1.165) is 0 Å². The quantitative estimate of drug-likeness (QED) is 0.00697. The summed E-state index contributed by atoms with van der Waals surface area (Å²) in [6, 6.07) is 15.9. The van der Waals surface area contributed by atoms with Gasteiger partial charge in [-0.3, -0.25) is 48.7 Å². The number of nitrogens with zero attached hydrogens (tertiary/aromatic N) is 6. The van der Waals surface area contributed by atoms with Gasteiger partial charge in [0.05, 0.1) is 174 Å². The largest absolute Gasteiger partial charge is 0.496 e. The molecule has 2 fully saturated rings. The smallest absolute Gasteiger partial charge is 0.295 e. The second kappa shape index (κ2) is 42.7. The molecule has 3 aromatic heterocycles. The van der Waals surface area contributed by atoms with E-state index in [4.69, 9.17) is 62.4 Å². The molecule has 5 aromatic rings. The number of rotatable bonds is 49. The average Bonchev–Trinajstić information content (AvgIpc) is 1.64. The maximum absolute atomic E-state index is 13.7. The van der Waals surface area contributed by atoms with Crippen LogP contribution in [0, 0.1) is 0 Å². The van der Waals surface area contributed by atoms with Crippen molar-refractivity contribution in [2.24, 2.45) is 5.84 Å². The standard InChI is InChI=1S/C63H87N11O20S/c1-83-52-12-10-49(59-58(52)50(42-67-59)60(79)63(82)72-18-16-71(17-19-72)61(80)46-6-3-2-4-7-46)51-11-9-48(94-51)41-66-56(77)45-93-38-36-91-34-32-89-30-29-88-28-27-87-26-24-85-22-20-73-43-47(69-70-73)44-92-37-35-90-33-31-86-25-23-84-21-14-65-54(75)13-39-95-53-40-57(78)74(62(53)81)15-5-8-55(76)68-64/h2-4,6-7,9-12,42-43,53,67H,5,8,13-41,44-45,64H2,1H3,(H,65,75)(H,66,77)(H,68,76). The summed E-state index contributed by atoms with van der Waals surface area (Å²) in [5.41, 5.74) is 4.58. The summed E-state index contributed by atoms with van der Waals surface area (Å²) in [6.07, 6.45) is 4.02. The summed E-state index contributed by atoms with van der Waals surface area (Å²) in [7, 11) is 1.48. The third kappa shape index (κ3) is 25.7. The number of furan rings is 1. The molecule has 5 heterocycles. The Labute approximate surface area is 554 Å². The lowest BCUT2D eigenvalue weighted by Gasteiger charge is -2.34. The number of imide groups is 1. The highest BCUT2D eigenvalue weighted by Crippen LogP contribution is 2.37. The maximum atomic E-state index is 13.7. The van der Waals surface area contributed by atoms with Crippen molar-refractivity contribution in [1.29, 1.82) is 0 Å². The first-order chi connectivity index (χ1) is 46.4. The highest BCUT2D eigenvalue weighted by molar-refractivity contribution is 8.00. The molecule has 2 aliphatic rings. The van der Waals surface area contributed by atoms with Crippen molar-refractivity contribution in [3.05, 3.63) is 89.6 Å². The monoisotopic (exact) mass is 1350 g/mol. The van der Waals surface area contributed by atoms with Crippen molar-refractivity contribution < 1.29 is 94.9 Å². The van der Waals surface area contributed by atoms with Crippen molar-refractivity contribution in [1.82, 2.24) is 50.7 Å². The number of likely N-dealkylation sites (tertiary alicyclic amines) is 1. The molecule has 7 amide bonds. The highest BCUT2D eigenvalue weighted by atomic mass is 32.2. The molecule has 0 saturated carbocycles. The van der Waals surface area contributed by atoms with E-state index in [0.29, 0.717) is 196 Å². The molecular weight excluding hydrogens is 1260 g/mol. The zero-order valence-electron chi connectivity index (χ0n) is 53.6. The van der Waals surface area contributed by atoms with E-state index in [2.05, 4.69) is 25.9 Å². The molecule has 520 valence electrons. The van der Waals surface area contributed by atoms with E-state index >= 15 is 0 Å². The number of Topliss-reactive ketones (excluding diaryl/α,β-unsaturated/α-hetero) is 1. The fourth-order valence-electron chi connectivity index (χ4n) is 9.67. The molecular formula is C63H87N11O20S. The van der Waals surface area contributed by atoms with Crippen LogP contribution in [0.5, 0.6) is 5.75 Å². The van der Waals surface area contributed by atoms with Crippen LogP contribution in [0.1, 0.15) is 57.9 Å². The molecule has 2 saturated heterocycles. The number of hydrogen-bond donors (Lipinski definition) is 5. The molecule has 6 N–H and O–H groups in total. The predicted octanol–water partition coefficient (Wildman–Crippen LogP) is 1.31. The molecule has 0 radical (unpaired) electrons. The summed E-state index contributed by atoms with van der Waals surface area (Å²) in [5.74, 6) is 3.85. The van der Waals surface area contributed by atoms with E-state index in [1.54, 1.807) is 64.3 Å². The number of aromatic amines is 1. The first-order valence-electron chi connectivity index (χ1n) is 31.5. The molecule has 0 bridgehead atoms. The summed E-state index contributed by atoms with van der Waals surface area (Å²) < 4.78 is 68.9. The van der Waals surface area contributed by atoms with Gasteiger partial charge in [0.25, 0.3) is 17.6 Å². The number of piperazine rings is 1. The Kier molecular flexibility index (Phi) is 33.5. The minimum atomic E-state index is -0.701. The number of ether oxygens (including phenoxy) is 11. The van der Waals surface area contributed by atoms with Crippen LogP contribution < -0.4 is 26.6 Å². The Bertz CT molecular complexity index is 3180. The molecule has 95 heavy (non-hydrogen) atoms. The molecule has 32 heteroatoms. The summed E-state index contributed by atoms with van der Waals surface area (Å²) in [5, 5.41) is 13.7. The van der Waals surface area contributed by atoms with Crippen molar-refractivity contribution in [3.63, 3.8) is 0 Å². The number of carbonyl (C=O) groups excluding carboxylic acids is 8. The van der Waals surface area contributed by atoms with Gasteiger partial charge in [-0.25, -0.2) is 10.5 Å². The number of fused-ring (bicyclic) bond motifs is 1. The van der Waals surface area contributed by atoms with Crippen molar-refractivity contribution in [2.75, 3.05) is 178 Å². The predicted molar refractivity (Wildman–Crippen MR) is 341 cm³/mol. The second-order valence-electron chi connectivity index (χ2n) is 21.3. The van der Waals surface area contributed by atoms with Gasteiger partial charge in [0, 0.05) is 81.6 Å². The fraction of sp³-hybridized carbons (Fsp3) is 0.556. The van der Waals surface area contributed by atoms with Crippen LogP contribution in [-0.4, -0.2) is 265 Å². The van der Waals surface area contributed by atoms with Gasteiger partial charge in [0.15, 0.2) is 0 Å². The third-order valence-corrected chi connectivity index (χ3v) is 15.8. The van der Waals surface area contributed by atoms with E-state index in [1.807, 2.05) is 11.5 Å². The normalized spacial score (nSPS) is 14.1. The zero-order chi connectivity index (χ0) is 67.2. The first kappa shape index (κ1) is 74.7. The Morgan fingerprint density at radius 3 is 1.92 bits per heavy atom. The number of hydrogen-bond acceptors (Lipinski definition) is 24. The first-order valence-corrected chi connectivity index (χ1v) is 32.6. The Morgan fingerprint density at radius 1 is 0.663 bits per heavy atom. The summed E-state index contributed by atoms with van der Waals surface area (Å²) in [6.45, 7) is 8.97. The molecule has 1 atom stereocenters. The molecule has 0 aliphatic carbocycles. The minimum absolute atomic E-state index is 0.0824. The fourth-order valence-corrected chi connectivity index (χ4v) is 10.8. The van der Waals surface area contributed by atoms with Gasteiger partial charge in [-0.05, 0) is 42.8 Å². The lowest BCUT2D eigenvalue weighted by molar-refractivity contribution is -0.139. The summed E-state index contributed by atoms with van der Waals surface area (Å²) in [4.78, 5) is 108.